The first-order valence-corrected chi connectivity index (χ1v) is 6.84. The van der Waals surface area contributed by atoms with E-state index in [0.29, 0.717) is 4.43 Å². The summed E-state index contributed by atoms with van der Waals surface area (Å²) >= 11 is 1.97. The minimum atomic E-state index is -1.70. The van der Waals surface area contributed by atoms with E-state index >= 15 is 0 Å². The number of rotatable bonds is 2. The van der Waals surface area contributed by atoms with Crippen LogP contribution in [0.3, 0.4) is 0 Å². The molecule has 0 aliphatic carbocycles. The molecule has 0 aromatic carbocycles. The third-order valence-corrected chi connectivity index (χ3v) is 3.73. The summed E-state index contributed by atoms with van der Waals surface area (Å²) < 4.78 is 20.6. The number of aryl methyl sites for hydroxylation is 1. The van der Waals surface area contributed by atoms with Crippen LogP contribution in [0.2, 0.25) is 0 Å². The number of nitrogens with zero attached hydrogens (tertiary/aromatic N) is 1. The van der Waals surface area contributed by atoms with E-state index in [9.17, 15) is 19.1 Å². The zero-order valence-corrected chi connectivity index (χ0v) is 11.6. The van der Waals surface area contributed by atoms with Crippen LogP contribution in [0, 0.1) is 6.92 Å². The summed E-state index contributed by atoms with van der Waals surface area (Å²) in [6.45, 7) is 1.50. The van der Waals surface area contributed by atoms with Crippen LogP contribution in [0.15, 0.2) is 15.8 Å². The van der Waals surface area contributed by atoms with Gasteiger partial charge in [-0.3, -0.25) is 14.3 Å². The van der Waals surface area contributed by atoms with Gasteiger partial charge < -0.3 is 9.84 Å². The summed E-state index contributed by atoms with van der Waals surface area (Å²) in [6.07, 6.45) is -3.60. The Balaban J connectivity index is 2.42. The lowest BCUT2D eigenvalue weighted by Crippen LogP contribution is -2.36. The third-order valence-electron chi connectivity index (χ3n) is 2.87. The topological polar surface area (TPSA) is 84.3 Å². The Hall–Kier alpha value is -0.740. The number of H-pyrrole nitrogens is 1. The first-order chi connectivity index (χ1) is 8.45. The van der Waals surface area contributed by atoms with Crippen molar-refractivity contribution in [3.05, 3.63) is 32.6 Å². The maximum atomic E-state index is 13.9. The molecule has 4 atom stereocenters. The number of aromatic amines is 1. The summed E-state index contributed by atoms with van der Waals surface area (Å²) in [5.41, 5.74) is -0.993. The molecule has 2 N–H and O–H groups in total. The van der Waals surface area contributed by atoms with E-state index < -0.39 is 35.9 Å². The fourth-order valence-electron chi connectivity index (χ4n) is 1.83. The van der Waals surface area contributed by atoms with Gasteiger partial charge in [-0.05, 0) is 6.92 Å². The van der Waals surface area contributed by atoms with Gasteiger partial charge in [0, 0.05) is 16.2 Å². The van der Waals surface area contributed by atoms with Gasteiger partial charge in [0.15, 0.2) is 12.4 Å². The summed E-state index contributed by atoms with van der Waals surface area (Å²) in [5.74, 6) is 0. The fourth-order valence-corrected chi connectivity index (χ4v) is 2.56. The third kappa shape index (κ3) is 2.24. The first-order valence-electron chi connectivity index (χ1n) is 5.31. The molecular weight excluding hydrogens is 358 g/mol. The molecule has 1 aromatic rings. The summed E-state index contributed by atoms with van der Waals surface area (Å²) in [4.78, 5) is 24.9. The molecule has 1 aromatic heterocycles. The Kier molecular flexibility index (Phi) is 3.87. The SMILES string of the molecule is Cc1cn([C@@H]2O[C@H](CI)[C@@H](O)[C@@H]2F)c(=O)[nH]c1=O. The Morgan fingerprint density at radius 1 is 1.61 bits per heavy atom. The van der Waals surface area contributed by atoms with Crippen LogP contribution in [0.25, 0.3) is 0 Å². The molecule has 2 rings (SSSR count). The van der Waals surface area contributed by atoms with Crippen molar-refractivity contribution in [2.75, 3.05) is 4.43 Å². The molecule has 0 amide bonds. The largest absolute Gasteiger partial charge is 0.387 e. The monoisotopic (exact) mass is 370 g/mol. The van der Waals surface area contributed by atoms with Crippen LogP contribution >= 0.6 is 22.6 Å². The molecule has 2 heterocycles. The minimum absolute atomic E-state index is 0.276. The van der Waals surface area contributed by atoms with Gasteiger partial charge in [0.2, 0.25) is 0 Å². The van der Waals surface area contributed by atoms with Crippen molar-refractivity contribution in [1.82, 2.24) is 9.55 Å². The van der Waals surface area contributed by atoms with Crippen LogP contribution in [-0.2, 0) is 4.74 Å². The number of hydrogen-bond donors (Lipinski definition) is 2. The fraction of sp³-hybridized carbons (Fsp3) is 0.600. The molecule has 0 bridgehead atoms. The Morgan fingerprint density at radius 2 is 2.28 bits per heavy atom. The van der Waals surface area contributed by atoms with Crippen molar-refractivity contribution >= 4 is 22.6 Å². The van der Waals surface area contributed by atoms with E-state index in [1.54, 1.807) is 0 Å². The highest BCUT2D eigenvalue weighted by Crippen LogP contribution is 2.31. The van der Waals surface area contributed by atoms with Gasteiger partial charge in [-0.15, -0.1) is 0 Å². The van der Waals surface area contributed by atoms with Crippen LogP contribution in [-0.4, -0.2) is 37.5 Å². The average molecular weight is 370 g/mol. The molecule has 1 saturated heterocycles. The molecular formula is C10H12FIN2O4. The predicted octanol–water partition coefficient (Wildman–Crippen LogP) is -0.124. The number of aromatic nitrogens is 2. The number of ether oxygens (including phenoxy) is 1. The Bertz CT molecular complexity index is 558. The summed E-state index contributed by atoms with van der Waals surface area (Å²) in [5, 5.41) is 9.61. The van der Waals surface area contributed by atoms with Crippen LogP contribution < -0.4 is 11.2 Å². The highest BCUT2D eigenvalue weighted by Gasteiger charge is 2.45. The van der Waals surface area contributed by atoms with Crippen molar-refractivity contribution in [3.63, 3.8) is 0 Å². The standard InChI is InChI=1S/C10H12FIN2O4/c1-4-3-14(10(17)13-8(4)16)9-6(11)7(15)5(2-12)18-9/h3,5-7,9,15H,2H2,1H3,(H,13,16,17)/t5-,6+,7-,9-/m1/s1. The highest BCUT2D eigenvalue weighted by molar-refractivity contribution is 14.1. The van der Waals surface area contributed by atoms with Crippen molar-refractivity contribution in [1.29, 1.82) is 0 Å². The number of hydrogen-bond acceptors (Lipinski definition) is 4. The second-order valence-corrected chi connectivity index (χ2v) is 5.01. The lowest BCUT2D eigenvalue weighted by atomic mass is 10.2. The van der Waals surface area contributed by atoms with Crippen molar-refractivity contribution in [2.24, 2.45) is 0 Å². The molecule has 0 spiro atoms. The number of alkyl halides is 2. The molecule has 100 valence electrons. The number of aliphatic hydroxyl groups is 1. The van der Waals surface area contributed by atoms with E-state index in [2.05, 4.69) is 4.98 Å². The number of nitrogens with one attached hydrogen (secondary N) is 1. The first kappa shape index (κ1) is 13.7. The highest BCUT2D eigenvalue weighted by atomic mass is 127. The number of halogens is 2. The second-order valence-electron chi connectivity index (χ2n) is 4.13. The maximum Gasteiger partial charge on any atom is 0.330 e. The van der Waals surface area contributed by atoms with Gasteiger partial charge in [0.05, 0.1) is 6.10 Å². The smallest absolute Gasteiger partial charge is 0.330 e. The minimum Gasteiger partial charge on any atom is -0.387 e. The van der Waals surface area contributed by atoms with E-state index in [1.165, 1.54) is 13.1 Å². The molecule has 8 heteroatoms. The Labute approximate surface area is 115 Å². The van der Waals surface area contributed by atoms with Gasteiger partial charge in [-0.2, -0.15) is 0 Å². The van der Waals surface area contributed by atoms with Crippen molar-refractivity contribution in [2.45, 2.75) is 31.5 Å². The lowest BCUT2D eigenvalue weighted by molar-refractivity contribution is -0.0154. The zero-order valence-electron chi connectivity index (χ0n) is 9.47. The molecule has 1 aliphatic rings. The van der Waals surface area contributed by atoms with Gasteiger partial charge in [0.1, 0.15) is 6.10 Å². The lowest BCUT2D eigenvalue weighted by Gasteiger charge is -2.16. The molecule has 1 aliphatic heterocycles. The predicted molar refractivity (Wildman–Crippen MR) is 69.8 cm³/mol. The maximum absolute atomic E-state index is 13.9. The molecule has 1 fully saturated rings. The van der Waals surface area contributed by atoms with Crippen molar-refractivity contribution in [3.8, 4) is 0 Å². The normalized spacial score (nSPS) is 31.8. The van der Waals surface area contributed by atoms with Crippen LogP contribution in [0.4, 0.5) is 4.39 Å². The summed E-state index contributed by atoms with van der Waals surface area (Å²) in [7, 11) is 0. The van der Waals surface area contributed by atoms with E-state index in [0.717, 1.165) is 4.57 Å². The molecule has 6 nitrogen and oxygen atoms in total. The van der Waals surface area contributed by atoms with E-state index in [-0.39, 0.29) is 5.56 Å². The van der Waals surface area contributed by atoms with Crippen LogP contribution in [0.5, 0.6) is 0 Å². The quantitative estimate of drug-likeness (QED) is 0.562. The van der Waals surface area contributed by atoms with Gasteiger partial charge >= 0.3 is 5.69 Å². The number of aliphatic hydroxyl groups excluding tert-OH is 1. The summed E-state index contributed by atoms with van der Waals surface area (Å²) in [6, 6.07) is 0. The van der Waals surface area contributed by atoms with E-state index in [1.807, 2.05) is 22.6 Å². The molecule has 0 saturated carbocycles. The molecule has 0 radical (unpaired) electrons. The Morgan fingerprint density at radius 3 is 2.83 bits per heavy atom. The van der Waals surface area contributed by atoms with Gasteiger partial charge in [-0.1, -0.05) is 22.6 Å². The molecule has 18 heavy (non-hydrogen) atoms. The molecule has 0 unspecified atom stereocenters. The van der Waals surface area contributed by atoms with Gasteiger partial charge in [-0.25, -0.2) is 9.18 Å². The second kappa shape index (κ2) is 5.10. The van der Waals surface area contributed by atoms with Gasteiger partial charge in [0.25, 0.3) is 5.56 Å². The van der Waals surface area contributed by atoms with Crippen LogP contribution in [0.1, 0.15) is 11.8 Å². The van der Waals surface area contributed by atoms with Crippen molar-refractivity contribution < 1.29 is 14.2 Å². The zero-order chi connectivity index (χ0) is 13.4. The average Bonchev–Trinajstić information content (AvgIpc) is 2.61. The van der Waals surface area contributed by atoms with E-state index in [4.69, 9.17) is 4.74 Å².